The van der Waals surface area contributed by atoms with Gasteiger partial charge in [0.1, 0.15) is 11.5 Å². The SMILES string of the molecule is COc1cc(OCC(=O)O)ccc1CC(N)CO.Cl. The number of hydrogen-bond acceptors (Lipinski definition) is 5. The summed E-state index contributed by atoms with van der Waals surface area (Å²) in [4.78, 5) is 10.4. The van der Waals surface area contributed by atoms with Crippen molar-refractivity contribution < 1.29 is 24.5 Å². The van der Waals surface area contributed by atoms with Gasteiger partial charge < -0.3 is 25.4 Å². The van der Waals surface area contributed by atoms with E-state index >= 15 is 0 Å². The van der Waals surface area contributed by atoms with E-state index < -0.39 is 12.6 Å². The van der Waals surface area contributed by atoms with Crippen molar-refractivity contribution >= 4 is 18.4 Å². The van der Waals surface area contributed by atoms with Gasteiger partial charge in [-0.1, -0.05) is 6.07 Å². The molecule has 0 saturated heterocycles. The van der Waals surface area contributed by atoms with Crippen LogP contribution in [0, 0.1) is 0 Å². The molecular weight excluding hydrogens is 274 g/mol. The first-order chi connectivity index (χ1) is 8.56. The summed E-state index contributed by atoms with van der Waals surface area (Å²) < 4.78 is 10.2. The van der Waals surface area contributed by atoms with Crippen molar-refractivity contribution in [3.8, 4) is 11.5 Å². The van der Waals surface area contributed by atoms with Crippen LogP contribution in [-0.4, -0.2) is 42.5 Å². The van der Waals surface area contributed by atoms with Crippen LogP contribution in [0.2, 0.25) is 0 Å². The first-order valence-electron chi connectivity index (χ1n) is 5.44. The molecule has 0 aliphatic carbocycles. The Morgan fingerprint density at radius 3 is 2.68 bits per heavy atom. The Morgan fingerprint density at radius 2 is 2.16 bits per heavy atom. The van der Waals surface area contributed by atoms with Crippen LogP contribution in [0.1, 0.15) is 5.56 Å². The third-order valence-electron chi connectivity index (χ3n) is 2.34. The van der Waals surface area contributed by atoms with Gasteiger partial charge in [0.15, 0.2) is 6.61 Å². The molecule has 0 bridgehead atoms. The zero-order valence-electron chi connectivity index (χ0n) is 10.5. The molecule has 0 aromatic heterocycles. The first-order valence-corrected chi connectivity index (χ1v) is 5.44. The number of carboxylic acids is 1. The molecule has 0 aliphatic heterocycles. The number of carbonyl (C=O) groups is 1. The summed E-state index contributed by atoms with van der Waals surface area (Å²) >= 11 is 0. The number of rotatable bonds is 7. The lowest BCUT2D eigenvalue weighted by Gasteiger charge is -2.13. The Balaban J connectivity index is 0.00000324. The number of methoxy groups -OCH3 is 1. The molecule has 1 atom stereocenters. The summed E-state index contributed by atoms with van der Waals surface area (Å²) in [7, 11) is 1.50. The van der Waals surface area contributed by atoms with Crippen molar-refractivity contribution in [2.75, 3.05) is 20.3 Å². The topological polar surface area (TPSA) is 102 Å². The molecule has 7 heteroatoms. The molecule has 0 aliphatic rings. The molecule has 0 heterocycles. The molecule has 0 radical (unpaired) electrons. The predicted molar refractivity (Wildman–Crippen MR) is 72.1 cm³/mol. The fourth-order valence-corrected chi connectivity index (χ4v) is 1.48. The van der Waals surface area contributed by atoms with Crippen LogP contribution in [0.15, 0.2) is 18.2 Å². The molecule has 0 saturated carbocycles. The van der Waals surface area contributed by atoms with E-state index in [1.807, 2.05) is 0 Å². The molecule has 108 valence electrons. The summed E-state index contributed by atoms with van der Waals surface area (Å²) in [5.74, 6) is -0.0716. The fraction of sp³-hybridized carbons (Fsp3) is 0.417. The summed E-state index contributed by atoms with van der Waals surface area (Å²) in [5.41, 5.74) is 6.49. The minimum Gasteiger partial charge on any atom is -0.496 e. The fourth-order valence-electron chi connectivity index (χ4n) is 1.48. The second-order valence-corrected chi connectivity index (χ2v) is 3.80. The third kappa shape index (κ3) is 5.78. The zero-order valence-corrected chi connectivity index (χ0v) is 11.4. The van der Waals surface area contributed by atoms with Crippen molar-refractivity contribution in [3.63, 3.8) is 0 Å². The number of aliphatic hydroxyl groups excluding tert-OH is 1. The van der Waals surface area contributed by atoms with E-state index in [4.69, 9.17) is 25.4 Å². The van der Waals surface area contributed by atoms with Crippen molar-refractivity contribution in [1.29, 1.82) is 0 Å². The zero-order chi connectivity index (χ0) is 13.5. The van der Waals surface area contributed by atoms with Crippen molar-refractivity contribution in [1.82, 2.24) is 0 Å². The largest absolute Gasteiger partial charge is 0.496 e. The average molecular weight is 292 g/mol. The summed E-state index contributed by atoms with van der Waals surface area (Å²) in [6.07, 6.45) is 0.471. The van der Waals surface area contributed by atoms with Gasteiger partial charge in [-0.25, -0.2) is 4.79 Å². The van der Waals surface area contributed by atoms with Gasteiger partial charge in [-0.2, -0.15) is 0 Å². The maximum atomic E-state index is 10.4. The van der Waals surface area contributed by atoms with Crippen LogP contribution in [0.5, 0.6) is 11.5 Å². The Morgan fingerprint density at radius 1 is 1.47 bits per heavy atom. The van der Waals surface area contributed by atoms with Crippen LogP contribution < -0.4 is 15.2 Å². The van der Waals surface area contributed by atoms with Gasteiger partial charge in [0.05, 0.1) is 13.7 Å². The van der Waals surface area contributed by atoms with Crippen molar-refractivity contribution in [3.05, 3.63) is 23.8 Å². The van der Waals surface area contributed by atoms with Crippen LogP contribution >= 0.6 is 12.4 Å². The van der Waals surface area contributed by atoms with Gasteiger partial charge in [0.25, 0.3) is 0 Å². The number of aliphatic carboxylic acids is 1. The molecular formula is C12H18ClNO5. The minimum atomic E-state index is -1.04. The molecule has 0 spiro atoms. The lowest BCUT2D eigenvalue weighted by Crippen LogP contribution is -2.27. The monoisotopic (exact) mass is 291 g/mol. The van der Waals surface area contributed by atoms with E-state index in [1.54, 1.807) is 18.2 Å². The number of carboxylic acid groups (broad SMARTS) is 1. The van der Waals surface area contributed by atoms with Gasteiger partial charge in [0.2, 0.25) is 0 Å². The Labute approximate surface area is 117 Å². The quantitative estimate of drug-likeness (QED) is 0.674. The highest BCUT2D eigenvalue weighted by molar-refractivity contribution is 5.85. The Kier molecular flexibility index (Phi) is 7.90. The average Bonchev–Trinajstić information content (AvgIpc) is 2.37. The van der Waals surface area contributed by atoms with Crippen LogP contribution in [0.25, 0.3) is 0 Å². The van der Waals surface area contributed by atoms with Crippen LogP contribution in [-0.2, 0) is 11.2 Å². The highest BCUT2D eigenvalue weighted by Crippen LogP contribution is 2.25. The maximum Gasteiger partial charge on any atom is 0.341 e. The lowest BCUT2D eigenvalue weighted by atomic mass is 10.1. The highest BCUT2D eigenvalue weighted by atomic mass is 35.5. The second-order valence-electron chi connectivity index (χ2n) is 3.80. The number of hydrogen-bond donors (Lipinski definition) is 3. The molecule has 1 unspecified atom stereocenters. The van der Waals surface area contributed by atoms with Gasteiger partial charge in [0, 0.05) is 12.1 Å². The molecule has 0 fully saturated rings. The van der Waals surface area contributed by atoms with Crippen molar-refractivity contribution in [2.24, 2.45) is 5.73 Å². The second kappa shape index (κ2) is 8.58. The third-order valence-corrected chi connectivity index (χ3v) is 2.34. The summed E-state index contributed by atoms with van der Waals surface area (Å²) in [6.45, 7) is -0.515. The predicted octanol–water partition coefficient (Wildman–Crippen LogP) is 0.442. The summed E-state index contributed by atoms with van der Waals surface area (Å²) in [6, 6.07) is 4.63. The molecule has 4 N–H and O–H groups in total. The van der Waals surface area contributed by atoms with E-state index in [2.05, 4.69) is 0 Å². The van der Waals surface area contributed by atoms with Gasteiger partial charge >= 0.3 is 5.97 Å². The van der Waals surface area contributed by atoms with E-state index in [-0.39, 0.29) is 25.1 Å². The molecule has 1 aromatic rings. The molecule has 1 aromatic carbocycles. The molecule has 19 heavy (non-hydrogen) atoms. The van der Waals surface area contributed by atoms with Crippen LogP contribution in [0.3, 0.4) is 0 Å². The smallest absolute Gasteiger partial charge is 0.341 e. The lowest BCUT2D eigenvalue weighted by molar-refractivity contribution is -0.139. The number of halogens is 1. The molecule has 1 rings (SSSR count). The van der Waals surface area contributed by atoms with E-state index in [0.29, 0.717) is 17.9 Å². The number of aliphatic hydroxyl groups is 1. The molecule has 0 amide bonds. The van der Waals surface area contributed by atoms with Gasteiger partial charge in [-0.3, -0.25) is 0 Å². The first kappa shape index (κ1) is 17.5. The highest BCUT2D eigenvalue weighted by Gasteiger charge is 2.10. The summed E-state index contributed by atoms with van der Waals surface area (Å²) in [5, 5.41) is 17.4. The van der Waals surface area contributed by atoms with Gasteiger partial charge in [-0.05, 0) is 18.1 Å². The Bertz CT molecular complexity index is 413. The van der Waals surface area contributed by atoms with Crippen molar-refractivity contribution in [2.45, 2.75) is 12.5 Å². The maximum absolute atomic E-state index is 10.4. The van der Waals surface area contributed by atoms with E-state index in [9.17, 15) is 4.79 Å². The number of nitrogens with two attached hydrogens (primary N) is 1. The van der Waals surface area contributed by atoms with Crippen LogP contribution in [0.4, 0.5) is 0 Å². The van der Waals surface area contributed by atoms with Gasteiger partial charge in [-0.15, -0.1) is 12.4 Å². The standard InChI is InChI=1S/C12H17NO5.ClH/c1-17-11-5-10(18-7-12(15)16)3-2-8(11)4-9(13)6-14;/h2-3,5,9,14H,4,6-7,13H2,1H3,(H,15,16);1H. The molecule has 6 nitrogen and oxygen atoms in total. The minimum absolute atomic E-state index is 0. The van der Waals surface area contributed by atoms with E-state index in [0.717, 1.165) is 5.56 Å². The normalized spacial score (nSPS) is 11.3. The number of benzene rings is 1. The number of ether oxygens (including phenoxy) is 2. The van der Waals surface area contributed by atoms with E-state index in [1.165, 1.54) is 7.11 Å². The Hall–Kier alpha value is -1.50.